The van der Waals surface area contributed by atoms with Crippen molar-refractivity contribution in [1.29, 1.82) is 0 Å². The third-order valence-electron chi connectivity index (χ3n) is 2.80. The molecule has 0 aromatic carbocycles. The summed E-state index contributed by atoms with van der Waals surface area (Å²) >= 11 is 0. The summed E-state index contributed by atoms with van der Waals surface area (Å²) in [6.07, 6.45) is 1.17. The van der Waals surface area contributed by atoms with E-state index in [9.17, 15) is 4.79 Å². The molecule has 1 aromatic heterocycles. The number of hydrogen-bond donors (Lipinski definition) is 1. The van der Waals surface area contributed by atoms with Gasteiger partial charge in [0.1, 0.15) is 5.60 Å². The van der Waals surface area contributed by atoms with Crippen molar-refractivity contribution in [2.45, 2.75) is 52.2 Å². The van der Waals surface area contributed by atoms with Crippen LogP contribution in [0.2, 0.25) is 0 Å². The van der Waals surface area contributed by atoms with Crippen LogP contribution in [0.5, 0.6) is 0 Å². The highest BCUT2D eigenvalue weighted by Gasteiger charge is 2.21. The lowest BCUT2D eigenvalue weighted by molar-refractivity contribution is 0.0496. The summed E-state index contributed by atoms with van der Waals surface area (Å²) in [5.41, 5.74) is 1.26. The van der Waals surface area contributed by atoms with Gasteiger partial charge in [-0.3, -0.25) is 4.98 Å². The normalized spacial score (nSPS) is 12.8. The molecule has 0 saturated carbocycles. The number of nitrogens with one attached hydrogen (secondary N) is 1. The molecule has 0 aliphatic rings. The first-order chi connectivity index (χ1) is 9.81. The minimum Gasteiger partial charge on any atom is -0.444 e. The number of nitrogens with zero attached hydrogens (tertiary/aromatic N) is 1. The van der Waals surface area contributed by atoms with E-state index in [2.05, 4.69) is 10.3 Å². The van der Waals surface area contributed by atoms with Crippen LogP contribution < -0.4 is 5.32 Å². The summed E-state index contributed by atoms with van der Waals surface area (Å²) in [5.74, 6) is 0. The molecule has 1 atom stereocenters. The molecule has 5 nitrogen and oxygen atoms in total. The first-order valence-corrected chi connectivity index (χ1v) is 7.24. The molecule has 1 amide bonds. The molecule has 0 unspecified atom stereocenters. The Morgan fingerprint density at radius 3 is 2.67 bits per heavy atom. The van der Waals surface area contributed by atoms with E-state index >= 15 is 0 Å². The first kappa shape index (κ1) is 17.4. The Labute approximate surface area is 127 Å². The zero-order valence-corrected chi connectivity index (χ0v) is 13.6. The summed E-state index contributed by atoms with van der Waals surface area (Å²) in [7, 11) is 1.67. The Morgan fingerprint density at radius 2 is 2.10 bits per heavy atom. The number of pyridine rings is 1. The molecule has 1 heterocycles. The Morgan fingerprint density at radius 1 is 1.38 bits per heavy atom. The van der Waals surface area contributed by atoms with E-state index in [4.69, 9.17) is 9.47 Å². The van der Waals surface area contributed by atoms with Gasteiger partial charge in [0.2, 0.25) is 0 Å². The van der Waals surface area contributed by atoms with Crippen molar-refractivity contribution in [3.63, 3.8) is 0 Å². The molecule has 0 saturated heterocycles. The standard InChI is InChI=1S/C16H26N2O3/c1-12-8-6-9-13(17-12)14(10-7-11-20-5)18-15(19)21-16(2,3)4/h6,8-9,14H,7,10-11H2,1-5H3,(H,18,19)/t14-/m0/s1. The van der Waals surface area contributed by atoms with Gasteiger partial charge < -0.3 is 14.8 Å². The molecule has 1 N–H and O–H groups in total. The average molecular weight is 294 g/mol. The zero-order chi connectivity index (χ0) is 15.9. The number of hydrogen-bond acceptors (Lipinski definition) is 4. The van der Waals surface area contributed by atoms with Gasteiger partial charge in [0.25, 0.3) is 0 Å². The number of carbonyl (C=O) groups excluding carboxylic acids is 1. The summed E-state index contributed by atoms with van der Waals surface area (Å²) < 4.78 is 10.4. The monoisotopic (exact) mass is 294 g/mol. The minimum atomic E-state index is -0.513. The van der Waals surface area contributed by atoms with E-state index in [1.807, 2.05) is 45.9 Å². The average Bonchev–Trinajstić information content (AvgIpc) is 2.35. The fraction of sp³-hybridized carbons (Fsp3) is 0.625. The number of amides is 1. The van der Waals surface area contributed by atoms with Gasteiger partial charge in [0.05, 0.1) is 11.7 Å². The molecule has 0 fully saturated rings. The van der Waals surface area contributed by atoms with E-state index in [-0.39, 0.29) is 6.04 Å². The van der Waals surface area contributed by atoms with Crippen LogP contribution >= 0.6 is 0 Å². The fourth-order valence-electron chi connectivity index (χ4n) is 1.93. The molecule has 21 heavy (non-hydrogen) atoms. The van der Waals surface area contributed by atoms with Gasteiger partial charge in [-0.25, -0.2) is 4.79 Å². The molecule has 1 rings (SSSR count). The van der Waals surface area contributed by atoms with Crippen LogP contribution in [0, 0.1) is 6.92 Å². The van der Waals surface area contributed by atoms with Crippen LogP contribution in [0.1, 0.15) is 51.0 Å². The smallest absolute Gasteiger partial charge is 0.408 e. The second-order valence-corrected chi connectivity index (χ2v) is 6.04. The second-order valence-electron chi connectivity index (χ2n) is 6.04. The molecule has 0 aliphatic heterocycles. The molecular formula is C16H26N2O3. The van der Waals surface area contributed by atoms with Crippen LogP contribution in [0.25, 0.3) is 0 Å². The predicted octanol–water partition coefficient (Wildman–Crippen LogP) is 3.38. The van der Waals surface area contributed by atoms with E-state index in [1.165, 1.54) is 0 Å². The van der Waals surface area contributed by atoms with Crippen LogP contribution in [-0.4, -0.2) is 30.4 Å². The number of rotatable bonds is 6. The molecule has 1 aromatic rings. The predicted molar refractivity (Wildman–Crippen MR) is 82.2 cm³/mol. The van der Waals surface area contributed by atoms with Crippen LogP contribution in [0.4, 0.5) is 4.79 Å². The quantitative estimate of drug-likeness (QED) is 0.817. The Balaban J connectivity index is 2.75. The third-order valence-corrected chi connectivity index (χ3v) is 2.80. The summed E-state index contributed by atoms with van der Waals surface area (Å²) in [6.45, 7) is 8.12. The highest BCUT2D eigenvalue weighted by molar-refractivity contribution is 5.68. The van der Waals surface area contributed by atoms with Crippen molar-refractivity contribution in [2.75, 3.05) is 13.7 Å². The van der Waals surface area contributed by atoms with Crippen molar-refractivity contribution >= 4 is 6.09 Å². The zero-order valence-electron chi connectivity index (χ0n) is 13.6. The maximum Gasteiger partial charge on any atom is 0.408 e. The number of alkyl carbamates (subject to hydrolysis) is 1. The number of carbonyl (C=O) groups is 1. The molecule has 0 spiro atoms. The van der Waals surface area contributed by atoms with E-state index < -0.39 is 11.7 Å². The lowest BCUT2D eigenvalue weighted by Gasteiger charge is -2.23. The van der Waals surface area contributed by atoms with Gasteiger partial charge in [0.15, 0.2) is 0 Å². The van der Waals surface area contributed by atoms with Crippen LogP contribution in [0.15, 0.2) is 18.2 Å². The van der Waals surface area contributed by atoms with Crippen molar-refractivity contribution in [1.82, 2.24) is 10.3 Å². The minimum absolute atomic E-state index is 0.171. The summed E-state index contributed by atoms with van der Waals surface area (Å²) in [4.78, 5) is 16.5. The molecule has 118 valence electrons. The van der Waals surface area contributed by atoms with Gasteiger partial charge in [-0.15, -0.1) is 0 Å². The summed E-state index contributed by atoms with van der Waals surface area (Å²) in [5, 5.41) is 2.90. The second kappa shape index (κ2) is 7.98. The molecular weight excluding hydrogens is 268 g/mol. The Bertz CT molecular complexity index is 455. The Hall–Kier alpha value is -1.62. The molecule has 0 bridgehead atoms. The maximum absolute atomic E-state index is 12.0. The van der Waals surface area contributed by atoms with Gasteiger partial charge >= 0.3 is 6.09 Å². The number of aryl methyl sites for hydroxylation is 1. The topological polar surface area (TPSA) is 60.5 Å². The molecule has 0 radical (unpaired) electrons. The van der Waals surface area contributed by atoms with Crippen LogP contribution in [-0.2, 0) is 9.47 Å². The van der Waals surface area contributed by atoms with Crippen molar-refractivity contribution in [2.24, 2.45) is 0 Å². The van der Waals surface area contributed by atoms with Crippen molar-refractivity contribution < 1.29 is 14.3 Å². The largest absolute Gasteiger partial charge is 0.444 e. The van der Waals surface area contributed by atoms with E-state index in [1.54, 1.807) is 7.11 Å². The Kier molecular flexibility index (Phi) is 6.62. The highest BCUT2D eigenvalue weighted by atomic mass is 16.6. The molecule has 5 heteroatoms. The lowest BCUT2D eigenvalue weighted by Crippen LogP contribution is -2.35. The number of ether oxygens (including phenoxy) is 2. The van der Waals surface area contributed by atoms with Gasteiger partial charge in [-0.2, -0.15) is 0 Å². The summed E-state index contributed by atoms with van der Waals surface area (Å²) in [6, 6.07) is 5.62. The highest BCUT2D eigenvalue weighted by Crippen LogP contribution is 2.18. The van der Waals surface area contributed by atoms with Crippen molar-refractivity contribution in [3.05, 3.63) is 29.6 Å². The first-order valence-electron chi connectivity index (χ1n) is 7.24. The number of methoxy groups -OCH3 is 1. The SMILES string of the molecule is COCCC[C@H](NC(=O)OC(C)(C)C)c1cccc(C)n1. The molecule has 0 aliphatic carbocycles. The van der Waals surface area contributed by atoms with Gasteiger partial charge in [0, 0.05) is 19.4 Å². The van der Waals surface area contributed by atoms with Crippen LogP contribution in [0.3, 0.4) is 0 Å². The lowest BCUT2D eigenvalue weighted by atomic mass is 10.1. The van der Waals surface area contributed by atoms with Crippen molar-refractivity contribution in [3.8, 4) is 0 Å². The van der Waals surface area contributed by atoms with Gasteiger partial charge in [-0.05, 0) is 52.7 Å². The fourth-order valence-corrected chi connectivity index (χ4v) is 1.93. The maximum atomic E-state index is 12.0. The van der Waals surface area contributed by atoms with E-state index in [0.717, 1.165) is 24.2 Å². The third kappa shape index (κ3) is 7.09. The van der Waals surface area contributed by atoms with Gasteiger partial charge in [-0.1, -0.05) is 6.07 Å². The van der Waals surface area contributed by atoms with E-state index in [0.29, 0.717) is 6.61 Å². The number of aromatic nitrogens is 1.